The number of hydrogen-bond donors (Lipinski definition) is 1. The molecule has 0 aromatic rings. The predicted octanol–water partition coefficient (Wildman–Crippen LogP) is 6.77. The Balaban J connectivity index is 2.81. The number of hydrogen-bond acceptors (Lipinski definition) is 1. The third-order valence-corrected chi connectivity index (χ3v) is 4.85. The summed E-state index contributed by atoms with van der Waals surface area (Å²) in [7, 11) is 0. The Kier molecular flexibility index (Phi) is 8.68. The van der Waals surface area contributed by atoms with Crippen LogP contribution in [-0.4, -0.2) is 11.1 Å². The lowest BCUT2D eigenvalue weighted by molar-refractivity contribution is -0.131. The summed E-state index contributed by atoms with van der Waals surface area (Å²) < 4.78 is 0. The van der Waals surface area contributed by atoms with E-state index in [1.54, 1.807) is 0 Å². The molecule has 0 aromatic carbocycles. The Bertz CT molecular complexity index is 610. The van der Waals surface area contributed by atoms with Crippen molar-refractivity contribution in [3.8, 4) is 0 Å². The van der Waals surface area contributed by atoms with E-state index in [2.05, 4.69) is 46.8 Å². The molecule has 2 heteroatoms. The van der Waals surface area contributed by atoms with Crippen molar-refractivity contribution >= 4 is 5.97 Å². The molecular weight excluding hydrogens is 308 g/mol. The van der Waals surface area contributed by atoms with Gasteiger partial charge in [0.1, 0.15) is 0 Å². The van der Waals surface area contributed by atoms with Crippen LogP contribution in [0, 0.1) is 5.41 Å². The molecule has 0 amide bonds. The van der Waals surface area contributed by atoms with Crippen molar-refractivity contribution in [2.75, 3.05) is 0 Å². The molecular formula is C23H34O2. The maximum Gasteiger partial charge on any atom is 0.328 e. The number of rotatable bonds is 8. The maximum atomic E-state index is 10.9. The fourth-order valence-electron chi connectivity index (χ4n) is 3.35. The van der Waals surface area contributed by atoms with Gasteiger partial charge < -0.3 is 5.11 Å². The Hall–Kier alpha value is -1.83. The lowest BCUT2D eigenvalue weighted by Gasteiger charge is -2.32. The van der Waals surface area contributed by atoms with E-state index in [0.717, 1.165) is 24.8 Å². The predicted molar refractivity (Wildman–Crippen MR) is 108 cm³/mol. The van der Waals surface area contributed by atoms with Gasteiger partial charge in [0.05, 0.1) is 0 Å². The molecule has 0 heterocycles. The highest BCUT2D eigenvalue weighted by atomic mass is 16.4. The Morgan fingerprint density at radius 2 is 2.00 bits per heavy atom. The van der Waals surface area contributed by atoms with Gasteiger partial charge in [-0.05, 0) is 62.5 Å². The first kappa shape index (κ1) is 21.2. The van der Waals surface area contributed by atoms with Gasteiger partial charge in [-0.3, -0.25) is 0 Å². The maximum absolute atomic E-state index is 10.9. The van der Waals surface area contributed by atoms with Crippen LogP contribution < -0.4 is 0 Å². The minimum Gasteiger partial charge on any atom is -0.478 e. The van der Waals surface area contributed by atoms with E-state index in [-0.39, 0.29) is 5.41 Å². The number of carboxylic acid groups (broad SMARTS) is 1. The second-order valence-electron chi connectivity index (χ2n) is 7.70. The van der Waals surface area contributed by atoms with Gasteiger partial charge in [-0.15, -0.1) is 0 Å². The van der Waals surface area contributed by atoms with Crippen LogP contribution in [0.2, 0.25) is 0 Å². The van der Waals surface area contributed by atoms with Crippen LogP contribution >= 0.6 is 0 Å². The minimum absolute atomic E-state index is 0.256. The van der Waals surface area contributed by atoms with Crippen molar-refractivity contribution in [3.05, 3.63) is 58.7 Å². The molecule has 0 atom stereocenters. The van der Waals surface area contributed by atoms with Crippen LogP contribution in [0.4, 0.5) is 0 Å². The molecule has 0 spiro atoms. The highest BCUT2D eigenvalue weighted by molar-refractivity contribution is 5.81. The second kappa shape index (κ2) is 10.2. The van der Waals surface area contributed by atoms with E-state index in [1.807, 2.05) is 18.2 Å². The highest BCUT2D eigenvalue weighted by Gasteiger charge is 2.26. The topological polar surface area (TPSA) is 37.3 Å². The van der Waals surface area contributed by atoms with Crippen LogP contribution in [0.3, 0.4) is 0 Å². The van der Waals surface area contributed by atoms with Gasteiger partial charge in [-0.25, -0.2) is 4.79 Å². The fraction of sp³-hybridized carbons (Fsp3) is 0.522. The van der Waals surface area contributed by atoms with Gasteiger partial charge in [0, 0.05) is 6.08 Å². The Morgan fingerprint density at radius 3 is 2.60 bits per heavy atom. The number of aliphatic carboxylic acids is 1. The molecule has 0 saturated heterocycles. The van der Waals surface area contributed by atoms with Gasteiger partial charge in [-0.1, -0.05) is 68.7 Å². The Morgan fingerprint density at radius 1 is 1.28 bits per heavy atom. The molecule has 0 fully saturated rings. The fourth-order valence-corrected chi connectivity index (χ4v) is 3.35. The minimum atomic E-state index is -0.877. The average Bonchev–Trinajstić information content (AvgIpc) is 2.50. The SMILES string of the molecule is CCCCC(/C=C/C=C(C)\C=C\C1=C(C)CCCC1(C)C)=C\C(=O)O. The molecule has 2 nitrogen and oxygen atoms in total. The van der Waals surface area contributed by atoms with E-state index in [4.69, 9.17) is 5.11 Å². The number of allylic oxidation sites excluding steroid dienone is 9. The summed E-state index contributed by atoms with van der Waals surface area (Å²) in [5.41, 5.74) is 5.26. The van der Waals surface area contributed by atoms with Crippen LogP contribution in [0.15, 0.2) is 58.7 Å². The van der Waals surface area contributed by atoms with E-state index < -0.39 is 5.97 Å². The molecule has 0 saturated carbocycles. The zero-order valence-electron chi connectivity index (χ0n) is 16.6. The van der Waals surface area contributed by atoms with Crippen LogP contribution in [0.1, 0.15) is 73.1 Å². The summed E-state index contributed by atoms with van der Waals surface area (Å²) >= 11 is 0. The van der Waals surface area contributed by atoms with Crippen molar-refractivity contribution in [2.45, 2.75) is 73.1 Å². The summed E-state index contributed by atoms with van der Waals surface area (Å²) in [6.07, 6.45) is 18.3. The van der Waals surface area contributed by atoms with Crippen LogP contribution in [0.5, 0.6) is 0 Å². The molecule has 1 rings (SSSR count). The van der Waals surface area contributed by atoms with E-state index in [0.29, 0.717) is 0 Å². The smallest absolute Gasteiger partial charge is 0.328 e. The molecule has 1 aliphatic rings. The summed E-state index contributed by atoms with van der Waals surface area (Å²) in [5.74, 6) is -0.877. The quantitative estimate of drug-likeness (QED) is 0.390. The molecule has 0 radical (unpaired) electrons. The monoisotopic (exact) mass is 342 g/mol. The third-order valence-electron chi connectivity index (χ3n) is 4.85. The second-order valence-corrected chi connectivity index (χ2v) is 7.70. The number of carbonyl (C=O) groups is 1. The van der Waals surface area contributed by atoms with E-state index >= 15 is 0 Å². The molecule has 25 heavy (non-hydrogen) atoms. The molecule has 1 N–H and O–H groups in total. The summed E-state index contributed by atoms with van der Waals surface area (Å²) in [6.45, 7) is 11.1. The van der Waals surface area contributed by atoms with Crippen molar-refractivity contribution in [1.29, 1.82) is 0 Å². The first-order chi connectivity index (χ1) is 11.8. The Labute approximate surface area is 153 Å². The molecule has 0 unspecified atom stereocenters. The van der Waals surface area contributed by atoms with Crippen molar-refractivity contribution in [1.82, 2.24) is 0 Å². The lowest BCUT2D eigenvalue weighted by Crippen LogP contribution is -2.19. The number of carboxylic acids is 1. The molecule has 138 valence electrons. The highest BCUT2D eigenvalue weighted by Crippen LogP contribution is 2.40. The molecule has 0 aliphatic heterocycles. The molecule has 1 aliphatic carbocycles. The summed E-state index contributed by atoms with van der Waals surface area (Å²) in [5, 5.41) is 8.95. The van der Waals surface area contributed by atoms with Crippen molar-refractivity contribution in [3.63, 3.8) is 0 Å². The van der Waals surface area contributed by atoms with Gasteiger partial charge in [0.25, 0.3) is 0 Å². The normalized spacial score (nSPS) is 19.2. The standard InChI is InChI=1S/C23H34O2/c1-6-7-12-20(17-22(24)25)13-8-10-18(2)14-15-21-19(3)11-9-16-23(21,4)5/h8,10,13-15,17H,6-7,9,11-12,16H2,1-5H3,(H,24,25)/b13-8+,15-14+,18-10-,20-17+. The van der Waals surface area contributed by atoms with Crippen LogP contribution in [-0.2, 0) is 4.79 Å². The average molecular weight is 343 g/mol. The van der Waals surface area contributed by atoms with E-state index in [1.165, 1.54) is 42.1 Å². The summed E-state index contributed by atoms with van der Waals surface area (Å²) in [6, 6.07) is 0. The zero-order chi connectivity index (χ0) is 18.9. The van der Waals surface area contributed by atoms with Crippen molar-refractivity contribution in [2.24, 2.45) is 5.41 Å². The van der Waals surface area contributed by atoms with Gasteiger partial charge in [0.15, 0.2) is 0 Å². The van der Waals surface area contributed by atoms with Crippen LogP contribution in [0.25, 0.3) is 0 Å². The molecule has 0 aromatic heterocycles. The lowest BCUT2D eigenvalue weighted by atomic mass is 9.72. The zero-order valence-corrected chi connectivity index (χ0v) is 16.6. The third kappa shape index (κ3) is 7.72. The van der Waals surface area contributed by atoms with Gasteiger partial charge in [0.2, 0.25) is 0 Å². The number of unbranched alkanes of at least 4 members (excludes halogenated alkanes) is 1. The molecule has 0 bridgehead atoms. The first-order valence-corrected chi connectivity index (χ1v) is 9.43. The first-order valence-electron chi connectivity index (χ1n) is 9.43. The van der Waals surface area contributed by atoms with Gasteiger partial charge in [-0.2, -0.15) is 0 Å². The largest absolute Gasteiger partial charge is 0.478 e. The van der Waals surface area contributed by atoms with Crippen molar-refractivity contribution < 1.29 is 9.90 Å². The van der Waals surface area contributed by atoms with Gasteiger partial charge >= 0.3 is 5.97 Å². The van der Waals surface area contributed by atoms with E-state index in [9.17, 15) is 4.79 Å². The summed E-state index contributed by atoms with van der Waals surface area (Å²) in [4.78, 5) is 10.9.